The summed E-state index contributed by atoms with van der Waals surface area (Å²) in [6.07, 6.45) is 3.99. The van der Waals surface area contributed by atoms with E-state index in [2.05, 4.69) is 50.0 Å². The molecule has 0 unspecified atom stereocenters. The number of halogens is 1. The molecule has 0 radical (unpaired) electrons. The van der Waals surface area contributed by atoms with Crippen molar-refractivity contribution < 1.29 is 52.0 Å². The van der Waals surface area contributed by atoms with Crippen molar-refractivity contribution in [1.82, 2.24) is 0 Å². The molecule has 0 aromatic heterocycles. The van der Waals surface area contributed by atoms with Gasteiger partial charge in [-0.05, 0) is 118 Å². The molecule has 4 aromatic carbocycles. The predicted molar refractivity (Wildman–Crippen MR) is 233 cm³/mol. The van der Waals surface area contributed by atoms with E-state index < -0.39 is 36.5 Å². The Labute approximate surface area is 360 Å². The van der Waals surface area contributed by atoms with Crippen molar-refractivity contribution in [3.63, 3.8) is 0 Å². The fourth-order valence-electron chi connectivity index (χ4n) is 5.29. The number of carbonyl (C=O) groups excluding carboxylic acids is 5. The second-order valence-corrected chi connectivity index (χ2v) is 13.5. The van der Waals surface area contributed by atoms with E-state index in [9.17, 15) is 28.4 Å². The number of benzene rings is 4. The zero-order valence-corrected chi connectivity index (χ0v) is 34.6. The Morgan fingerprint density at radius 3 is 1.69 bits per heavy atom. The number of ether oxygens (including phenoxy) is 5. The van der Waals surface area contributed by atoms with Crippen LogP contribution in [0.2, 0.25) is 0 Å². The highest BCUT2D eigenvalue weighted by Gasteiger charge is 2.21. The lowest BCUT2D eigenvalue weighted by atomic mass is 9.92. The zero-order chi connectivity index (χ0) is 45.2. The second-order valence-electron chi connectivity index (χ2n) is 13.5. The van der Waals surface area contributed by atoms with E-state index in [-0.39, 0.29) is 59.8 Å². The molecule has 0 saturated carbocycles. The molecular weight excluding hydrogens is 792 g/mol. The molecule has 0 aliphatic heterocycles. The standard InChI is InChI=1S/C51H43FO10/c1-8-46(53)59-41-25-17-38(18-26-41)31-35(7)51(57)61-43-23-13-36(14-24-43)12-20-39-32-40(28-30-58-49(55)33(3)4)45(48(62-47(54)9-2)44(39)11-10-29-52)27-19-37-15-21-42(22-16-37)60-50(56)34(5)6/h8-9,13-18,21-26,31-32H,1-3,5,10-11,28-30H2,4,6-7H3. The van der Waals surface area contributed by atoms with E-state index in [0.717, 1.165) is 12.2 Å². The maximum atomic E-state index is 13.7. The van der Waals surface area contributed by atoms with Crippen molar-refractivity contribution >= 4 is 35.9 Å². The average Bonchev–Trinajstić information content (AvgIpc) is 3.26. The van der Waals surface area contributed by atoms with Gasteiger partial charge >= 0.3 is 29.8 Å². The van der Waals surface area contributed by atoms with Crippen molar-refractivity contribution in [2.24, 2.45) is 0 Å². The molecule has 11 heteroatoms. The second kappa shape index (κ2) is 22.9. The molecule has 0 fully saturated rings. The van der Waals surface area contributed by atoms with E-state index in [1.165, 1.54) is 13.8 Å². The van der Waals surface area contributed by atoms with Gasteiger partial charge in [-0.15, -0.1) is 0 Å². The SMILES string of the molecule is C=CC(=O)Oc1ccc(C=C(C)C(=O)Oc2ccc(C#Cc3cc(CCOC(=O)C(=C)C)c(C#Cc4ccc(OC(=O)C(=C)C)cc4)c(OC(=O)C=C)c3CCCF)cc2)cc1. The Morgan fingerprint density at radius 2 is 1.15 bits per heavy atom. The third kappa shape index (κ3) is 14.1. The lowest BCUT2D eigenvalue weighted by molar-refractivity contribution is -0.139. The first kappa shape index (κ1) is 46.7. The Morgan fingerprint density at radius 1 is 0.629 bits per heavy atom. The van der Waals surface area contributed by atoms with Crippen LogP contribution in [-0.4, -0.2) is 43.1 Å². The summed E-state index contributed by atoms with van der Waals surface area (Å²) < 4.78 is 40.9. The Hall–Kier alpha value is -8.02. The van der Waals surface area contributed by atoms with Gasteiger partial charge in [0, 0.05) is 57.5 Å². The van der Waals surface area contributed by atoms with Crippen LogP contribution in [0.15, 0.2) is 134 Å². The molecule has 62 heavy (non-hydrogen) atoms. The summed E-state index contributed by atoms with van der Waals surface area (Å²) in [7, 11) is 0. The van der Waals surface area contributed by atoms with Crippen molar-refractivity contribution in [2.45, 2.75) is 40.0 Å². The third-order valence-electron chi connectivity index (χ3n) is 8.47. The van der Waals surface area contributed by atoms with E-state index in [4.69, 9.17) is 23.7 Å². The minimum absolute atomic E-state index is 0.0497. The topological polar surface area (TPSA) is 132 Å². The predicted octanol–water partition coefficient (Wildman–Crippen LogP) is 8.72. The number of rotatable bonds is 16. The molecule has 10 nitrogen and oxygen atoms in total. The maximum absolute atomic E-state index is 13.7. The maximum Gasteiger partial charge on any atom is 0.339 e. The van der Waals surface area contributed by atoms with Crippen LogP contribution in [0.1, 0.15) is 66.1 Å². The van der Waals surface area contributed by atoms with Gasteiger partial charge in [0.25, 0.3) is 0 Å². The van der Waals surface area contributed by atoms with Crippen LogP contribution >= 0.6 is 0 Å². The lowest BCUT2D eigenvalue weighted by Gasteiger charge is -2.17. The van der Waals surface area contributed by atoms with Gasteiger partial charge in [0.2, 0.25) is 0 Å². The molecule has 0 aliphatic carbocycles. The van der Waals surface area contributed by atoms with Crippen molar-refractivity contribution in [3.05, 3.63) is 173 Å². The summed E-state index contributed by atoms with van der Waals surface area (Å²) in [4.78, 5) is 61.4. The van der Waals surface area contributed by atoms with E-state index in [0.29, 0.717) is 44.7 Å². The van der Waals surface area contributed by atoms with Crippen molar-refractivity contribution in [3.8, 4) is 46.7 Å². The minimum atomic E-state index is -0.789. The number of hydrogen-bond acceptors (Lipinski definition) is 10. The molecule has 0 atom stereocenters. The van der Waals surface area contributed by atoms with Gasteiger partial charge in [-0.2, -0.15) is 0 Å². The summed E-state index contributed by atoms with van der Waals surface area (Å²) in [6, 6.07) is 21.2. The van der Waals surface area contributed by atoms with Crippen LogP contribution in [0.25, 0.3) is 6.08 Å². The Kier molecular flexibility index (Phi) is 17.3. The fourth-order valence-corrected chi connectivity index (χ4v) is 5.29. The van der Waals surface area contributed by atoms with Gasteiger partial charge in [0.15, 0.2) is 5.75 Å². The number of carbonyl (C=O) groups is 5. The normalized spacial score (nSPS) is 10.4. The highest BCUT2D eigenvalue weighted by molar-refractivity contribution is 5.94. The van der Waals surface area contributed by atoms with Gasteiger partial charge < -0.3 is 23.7 Å². The van der Waals surface area contributed by atoms with Crippen LogP contribution in [0.3, 0.4) is 0 Å². The smallest absolute Gasteiger partial charge is 0.339 e. The lowest BCUT2D eigenvalue weighted by Crippen LogP contribution is -2.13. The van der Waals surface area contributed by atoms with Gasteiger partial charge in [-0.3, -0.25) is 4.39 Å². The van der Waals surface area contributed by atoms with Crippen LogP contribution in [0.5, 0.6) is 23.0 Å². The molecular formula is C51H43FO10. The largest absolute Gasteiger partial charge is 0.462 e. The molecule has 0 N–H and O–H groups in total. The molecule has 0 saturated heterocycles. The summed E-state index contributed by atoms with van der Waals surface area (Å²) in [5, 5.41) is 0. The van der Waals surface area contributed by atoms with Gasteiger partial charge in [-0.1, -0.05) is 62.1 Å². The minimum Gasteiger partial charge on any atom is -0.462 e. The summed E-state index contributed by atoms with van der Waals surface area (Å²) in [5.41, 5.74) is 4.12. The van der Waals surface area contributed by atoms with Gasteiger partial charge in [0.05, 0.1) is 18.8 Å². The summed E-state index contributed by atoms with van der Waals surface area (Å²) in [5.74, 6) is 10.1. The molecule has 0 spiro atoms. The highest BCUT2D eigenvalue weighted by atomic mass is 19.1. The molecule has 4 aromatic rings. The summed E-state index contributed by atoms with van der Waals surface area (Å²) >= 11 is 0. The zero-order valence-electron chi connectivity index (χ0n) is 34.6. The van der Waals surface area contributed by atoms with Crippen molar-refractivity contribution in [2.75, 3.05) is 13.3 Å². The van der Waals surface area contributed by atoms with Gasteiger partial charge in [-0.25, -0.2) is 24.0 Å². The first-order valence-corrected chi connectivity index (χ1v) is 19.1. The van der Waals surface area contributed by atoms with Crippen LogP contribution in [-0.2, 0) is 41.6 Å². The number of esters is 5. The van der Waals surface area contributed by atoms with Crippen LogP contribution < -0.4 is 18.9 Å². The van der Waals surface area contributed by atoms with E-state index in [1.807, 2.05) is 0 Å². The number of alkyl halides is 1. The Bertz CT molecular complexity index is 2560. The molecule has 0 bridgehead atoms. The Balaban J connectivity index is 1.70. The number of hydrogen-bond donors (Lipinski definition) is 0. The van der Waals surface area contributed by atoms with Crippen LogP contribution in [0, 0.1) is 23.7 Å². The van der Waals surface area contributed by atoms with Crippen LogP contribution in [0.4, 0.5) is 4.39 Å². The first-order valence-electron chi connectivity index (χ1n) is 19.1. The molecule has 0 amide bonds. The van der Waals surface area contributed by atoms with Gasteiger partial charge in [0.1, 0.15) is 17.2 Å². The van der Waals surface area contributed by atoms with E-state index >= 15 is 0 Å². The quantitative estimate of drug-likeness (QED) is 0.0468. The monoisotopic (exact) mass is 834 g/mol. The molecule has 4 rings (SSSR count). The third-order valence-corrected chi connectivity index (χ3v) is 8.47. The van der Waals surface area contributed by atoms with E-state index in [1.54, 1.807) is 91.9 Å². The molecule has 0 heterocycles. The van der Waals surface area contributed by atoms with Crippen molar-refractivity contribution in [1.29, 1.82) is 0 Å². The molecule has 314 valence electrons. The average molecular weight is 835 g/mol. The summed E-state index contributed by atoms with van der Waals surface area (Å²) in [6.45, 7) is 18.0. The fraction of sp³-hybridized carbons (Fsp3) is 0.157. The highest BCUT2D eigenvalue weighted by Crippen LogP contribution is 2.33. The first-order chi connectivity index (χ1) is 29.7. The molecule has 0 aliphatic rings.